The second-order valence-electron chi connectivity index (χ2n) is 3.48. The van der Waals surface area contributed by atoms with E-state index in [4.69, 9.17) is 0 Å². The molecule has 7 heteroatoms. The molecular formula is C11H9F3N4. The molecule has 2 heterocycles. The van der Waals surface area contributed by atoms with Gasteiger partial charge in [-0.1, -0.05) is 0 Å². The zero-order valence-electron chi connectivity index (χ0n) is 9.15. The lowest BCUT2D eigenvalue weighted by Crippen LogP contribution is -2.08. The predicted octanol–water partition coefficient (Wildman–Crippen LogP) is 2.50. The Bertz CT molecular complexity index is 513. The van der Waals surface area contributed by atoms with Gasteiger partial charge in [-0.25, -0.2) is 15.0 Å². The van der Waals surface area contributed by atoms with E-state index in [2.05, 4.69) is 20.3 Å². The van der Waals surface area contributed by atoms with Crippen LogP contribution in [0.4, 0.5) is 19.0 Å². The summed E-state index contributed by atoms with van der Waals surface area (Å²) in [6.07, 6.45) is -0.320. The van der Waals surface area contributed by atoms with Crippen molar-refractivity contribution >= 4 is 5.82 Å². The fourth-order valence-electron chi connectivity index (χ4n) is 1.31. The van der Waals surface area contributed by atoms with Gasteiger partial charge in [0.15, 0.2) is 0 Å². The highest BCUT2D eigenvalue weighted by Crippen LogP contribution is 2.29. The van der Waals surface area contributed by atoms with E-state index in [1.807, 2.05) is 0 Å². The summed E-state index contributed by atoms with van der Waals surface area (Å²) < 4.78 is 37.4. The van der Waals surface area contributed by atoms with Crippen LogP contribution < -0.4 is 5.32 Å². The number of alkyl halides is 3. The monoisotopic (exact) mass is 254 g/mol. The number of anilines is 1. The molecular weight excluding hydrogens is 245 g/mol. The third kappa shape index (κ3) is 3.16. The maximum atomic E-state index is 12.5. The molecule has 0 aliphatic carbocycles. The quantitative estimate of drug-likeness (QED) is 0.914. The fourth-order valence-corrected chi connectivity index (χ4v) is 1.31. The van der Waals surface area contributed by atoms with E-state index in [1.54, 1.807) is 12.3 Å². The highest BCUT2D eigenvalue weighted by molar-refractivity contribution is 5.38. The van der Waals surface area contributed by atoms with Crippen molar-refractivity contribution in [1.82, 2.24) is 15.0 Å². The molecule has 2 aromatic heterocycles. The molecule has 0 bridgehead atoms. The van der Waals surface area contributed by atoms with E-state index in [1.165, 1.54) is 6.33 Å². The van der Waals surface area contributed by atoms with Crippen LogP contribution in [0, 0.1) is 0 Å². The van der Waals surface area contributed by atoms with Gasteiger partial charge in [-0.15, -0.1) is 0 Å². The van der Waals surface area contributed by atoms with Crippen LogP contribution in [-0.4, -0.2) is 15.0 Å². The average Bonchev–Trinajstić information content (AvgIpc) is 2.37. The molecule has 0 aromatic carbocycles. The Balaban J connectivity index is 2.06. The van der Waals surface area contributed by atoms with Gasteiger partial charge in [0, 0.05) is 12.4 Å². The Labute approximate surface area is 101 Å². The number of nitrogens with one attached hydrogen (secondary N) is 1. The van der Waals surface area contributed by atoms with E-state index < -0.39 is 11.7 Å². The van der Waals surface area contributed by atoms with E-state index in [9.17, 15) is 13.2 Å². The number of hydrogen-bond donors (Lipinski definition) is 1. The lowest BCUT2D eigenvalue weighted by atomic mass is 10.2. The number of halogens is 3. The summed E-state index contributed by atoms with van der Waals surface area (Å²) in [6, 6.07) is 3.55. The van der Waals surface area contributed by atoms with Gasteiger partial charge in [-0.2, -0.15) is 13.2 Å². The second kappa shape index (κ2) is 4.99. The fraction of sp³-hybridized carbons (Fsp3) is 0.182. The molecule has 0 aliphatic heterocycles. The third-order valence-corrected chi connectivity index (χ3v) is 2.18. The van der Waals surface area contributed by atoms with E-state index in [0.29, 0.717) is 5.69 Å². The Hall–Kier alpha value is -2.18. The van der Waals surface area contributed by atoms with Gasteiger partial charge in [0.25, 0.3) is 0 Å². The minimum absolute atomic E-state index is 0.156. The number of nitrogens with zero attached hydrogens (tertiary/aromatic N) is 3. The minimum atomic E-state index is -4.37. The van der Waals surface area contributed by atoms with Crippen LogP contribution in [0.15, 0.2) is 36.9 Å². The first kappa shape index (κ1) is 12.3. The summed E-state index contributed by atoms with van der Waals surface area (Å²) in [6.45, 7) is 0.289. The number of pyridine rings is 1. The van der Waals surface area contributed by atoms with Crippen LogP contribution in [-0.2, 0) is 12.7 Å². The first-order valence-electron chi connectivity index (χ1n) is 5.08. The average molecular weight is 254 g/mol. The summed E-state index contributed by atoms with van der Waals surface area (Å²) >= 11 is 0. The van der Waals surface area contributed by atoms with Crippen LogP contribution in [0.1, 0.15) is 11.3 Å². The van der Waals surface area contributed by atoms with E-state index >= 15 is 0 Å². The van der Waals surface area contributed by atoms with Crippen LogP contribution in [0.25, 0.3) is 0 Å². The molecule has 0 saturated carbocycles. The molecule has 0 spiro atoms. The smallest absolute Gasteiger partial charge is 0.364 e. The van der Waals surface area contributed by atoms with Crippen LogP contribution in [0.2, 0.25) is 0 Å². The maximum Gasteiger partial charge on any atom is 0.416 e. The summed E-state index contributed by atoms with van der Waals surface area (Å²) in [5.41, 5.74) is -0.0631. The number of aromatic nitrogens is 3. The highest BCUT2D eigenvalue weighted by Gasteiger charge is 2.30. The molecule has 4 nitrogen and oxygen atoms in total. The van der Waals surface area contributed by atoms with Gasteiger partial charge >= 0.3 is 6.18 Å². The Morgan fingerprint density at radius 1 is 1.11 bits per heavy atom. The predicted molar refractivity (Wildman–Crippen MR) is 58.6 cm³/mol. The summed E-state index contributed by atoms with van der Waals surface area (Å²) in [7, 11) is 0. The van der Waals surface area contributed by atoms with E-state index in [-0.39, 0.29) is 12.4 Å². The molecule has 0 unspecified atom stereocenters. The van der Waals surface area contributed by atoms with Crippen LogP contribution in [0.3, 0.4) is 0 Å². The molecule has 0 radical (unpaired) electrons. The molecule has 1 N–H and O–H groups in total. The molecule has 0 fully saturated rings. The van der Waals surface area contributed by atoms with Gasteiger partial charge in [0.1, 0.15) is 12.1 Å². The van der Waals surface area contributed by atoms with Crippen molar-refractivity contribution in [2.24, 2.45) is 0 Å². The van der Waals surface area contributed by atoms with Crippen molar-refractivity contribution in [1.29, 1.82) is 0 Å². The Morgan fingerprint density at radius 2 is 1.94 bits per heavy atom. The molecule has 0 aliphatic rings. The van der Waals surface area contributed by atoms with Gasteiger partial charge in [0.05, 0.1) is 17.8 Å². The zero-order chi connectivity index (χ0) is 13.0. The van der Waals surface area contributed by atoms with Gasteiger partial charge in [-0.05, 0) is 18.2 Å². The number of hydrogen-bond acceptors (Lipinski definition) is 4. The van der Waals surface area contributed by atoms with Gasteiger partial charge in [0.2, 0.25) is 0 Å². The van der Waals surface area contributed by atoms with Gasteiger partial charge in [-0.3, -0.25) is 0 Å². The Kier molecular flexibility index (Phi) is 3.40. The standard InChI is InChI=1S/C11H9F3N4/c12-11(13,14)8-1-4-16-10(5-8)17-6-9-2-3-15-7-18-9/h1-5,7H,6H2,(H,16,17). The van der Waals surface area contributed by atoms with Crippen molar-refractivity contribution in [3.05, 3.63) is 48.2 Å². The normalized spacial score (nSPS) is 11.3. The number of rotatable bonds is 3. The molecule has 94 valence electrons. The van der Waals surface area contributed by atoms with Gasteiger partial charge < -0.3 is 5.32 Å². The molecule has 18 heavy (non-hydrogen) atoms. The highest BCUT2D eigenvalue weighted by atomic mass is 19.4. The molecule has 2 rings (SSSR count). The van der Waals surface area contributed by atoms with Crippen molar-refractivity contribution < 1.29 is 13.2 Å². The topological polar surface area (TPSA) is 50.7 Å². The van der Waals surface area contributed by atoms with Crippen molar-refractivity contribution in [2.75, 3.05) is 5.32 Å². The molecule has 2 aromatic rings. The van der Waals surface area contributed by atoms with Crippen LogP contribution >= 0.6 is 0 Å². The Morgan fingerprint density at radius 3 is 2.61 bits per heavy atom. The first-order chi connectivity index (χ1) is 8.55. The largest absolute Gasteiger partial charge is 0.416 e. The molecule has 0 saturated heterocycles. The SMILES string of the molecule is FC(F)(F)c1ccnc(NCc2ccncn2)c1. The molecule has 0 atom stereocenters. The third-order valence-electron chi connectivity index (χ3n) is 2.18. The van der Waals surface area contributed by atoms with Crippen molar-refractivity contribution in [3.63, 3.8) is 0 Å². The zero-order valence-corrected chi connectivity index (χ0v) is 9.15. The second-order valence-corrected chi connectivity index (χ2v) is 3.48. The summed E-state index contributed by atoms with van der Waals surface area (Å²) in [4.78, 5) is 11.5. The minimum Gasteiger partial charge on any atom is -0.364 e. The molecule has 0 amide bonds. The van der Waals surface area contributed by atoms with E-state index in [0.717, 1.165) is 18.3 Å². The summed E-state index contributed by atoms with van der Waals surface area (Å²) in [5.74, 6) is 0.156. The first-order valence-corrected chi connectivity index (χ1v) is 5.08. The van der Waals surface area contributed by atoms with Crippen molar-refractivity contribution in [3.8, 4) is 0 Å². The lowest BCUT2D eigenvalue weighted by Gasteiger charge is -2.09. The van der Waals surface area contributed by atoms with Crippen molar-refractivity contribution in [2.45, 2.75) is 12.7 Å². The van der Waals surface area contributed by atoms with Crippen LogP contribution in [0.5, 0.6) is 0 Å². The summed E-state index contributed by atoms with van der Waals surface area (Å²) in [5, 5.41) is 2.77. The lowest BCUT2D eigenvalue weighted by molar-refractivity contribution is -0.137. The maximum absolute atomic E-state index is 12.5.